The van der Waals surface area contributed by atoms with Gasteiger partial charge in [0.2, 0.25) is 5.91 Å². The zero-order valence-corrected chi connectivity index (χ0v) is 9.42. The number of nitriles is 1. The molecule has 0 radical (unpaired) electrons. The number of nitrogens with zero attached hydrogens (tertiary/aromatic N) is 1. The standard InChI is InChI=1S/C12H14N2O3/c1-8(15)14-7-11(16)12(17)10-5-3-2-4-9(10)6-13/h2-5,11-12,16-17H,7H2,1H3,(H,14,15). The van der Waals surface area contributed by atoms with Crippen LogP contribution < -0.4 is 5.32 Å². The van der Waals surface area contributed by atoms with Crippen molar-refractivity contribution in [3.8, 4) is 6.07 Å². The molecule has 3 N–H and O–H groups in total. The lowest BCUT2D eigenvalue weighted by Crippen LogP contribution is -2.34. The summed E-state index contributed by atoms with van der Waals surface area (Å²) < 4.78 is 0. The largest absolute Gasteiger partial charge is 0.388 e. The first-order chi connectivity index (χ1) is 8.06. The summed E-state index contributed by atoms with van der Waals surface area (Å²) in [5, 5.41) is 30.8. The summed E-state index contributed by atoms with van der Waals surface area (Å²) in [5.41, 5.74) is 0.662. The van der Waals surface area contributed by atoms with Crippen LogP contribution in [0.15, 0.2) is 24.3 Å². The van der Waals surface area contributed by atoms with E-state index in [1.165, 1.54) is 6.92 Å². The molecule has 2 atom stereocenters. The van der Waals surface area contributed by atoms with Gasteiger partial charge >= 0.3 is 0 Å². The second-order valence-corrected chi connectivity index (χ2v) is 3.65. The van der Waals surface area contributed by atoms with Crippen molar-refractivity contribution in [3.05, 3.63) is 35.4 Å². The van der Waals surface area contributed by atoms with Crippen LogP contribution in [0, 0.1) is 11.3 Å². The summed E-state index contributed by atoms with van der Waals surface area (Å²) in [6.07, 6.45) is -2.34. The summed E-state index contributed by atoms with van der Waals surface area (Å²) >= 11 is 0. The minimum absolute atomic E-state index is 0.0593. The number of carbonyl (C=O) groups excluding carboxylic acids is 1. The molecule has 17 heavy (non-hydrogen) atoms. The maximum absolute atomic E-state index is 10.7. The average Bonchev–Trinajstić information content (AvgIpc) is 2.34. The second-order valence-electron chi connectivity index (χ2n) is 3.65. The van der Waals surface area contributed by atoms with E-state index in [-0.39, 0.29) is 12.5 Å². The molecule has 0 saturated heterocycles. The van der Waals surface area contributed by atoms with Gasteiger partial charge < -0.3 is 15.5 Å². The molecule has 0 fully saturated rings. The van der Waals surface area contributed by atoms with Gasteiger partial charge in [0.25, 0.3) is 0 Å². The number of amides is 1. The van der Waals surface area contributed by atoms with E-state index < -0.39 is 12.2 Å². The molecule has 0 aliphatic rings. The van der Waals surface area contributed by atoms with E-state index in [0.717, 1.165) is 0 Å². The van der Waals surface area contributed by atoms with Crippen LogP contribution in [0.2, 0.25) is 0 Å². The van der Waals surface area contributed by atoms with Gasteiger partial charge in [-0.15, -0.1) is 0 Å². The zero-order chi connectivity index (χ0) is 12.8. The van der Waals surface area contributed by atoms with Crippen LogP contribution in [-0.4, -0.2) is 28.8 Å². The Bertz CT molecular complexity index is 440. The van der Waals surface area contributed by atoms with Crippen LogP contribution in [0.25, 0.3) is 0 Å². The fourth-order valence-corrected chi connectivity index (χ4v) is 1.42. The first-order valence-corrected chi connectivity index (χ1v) is 5.16. The number of carbonyl (C=O) groups is 1. The Morgan fingerprint density at radius 2 is 2.12 bits per heavy atom. The highest BCUT2D eigenvalue weighted by molar-refractivity contribution is 5.72. The van der Waals surface area contributed by atoms with E-state index in [0.29, 0.717) is 11.1 Å². The van der Waals surface area contributed by atoms with Gasteiger partial charge in [-0.05, 0) is 6.07 Å². The van der Waals surface area contributed by atoms with Gasteiger partial charge in [-0.2, -0.15) is 5.26 Å². The Balaban J connectivity index is 2.78. The number of nitrogens with one attached hydrogen (secondary N) is 1. The molecule has 0 bridgehead atoms. The quantitative estimate of drug-likeness (QED) is 0.688. The molecule has 1 amide bonds. The number of hydrogen-bond donors (Lipinski definition) is 3. The molecule has 0 aliphatic heterocycles. The van der Waals surface area contributed by atoms with Gasteiger partial charge in [0.1, 0.15) is 12.2 Å². The summed E-state index contributed by atoms with van der Waals surface area (Å²) in [5.74, 6) is -0.287. The average molecular weight is 234 g/mol. The van der Waals surface area contributed by atoms with Gasteiger partial charge in [-0.1, -0.05) is 18.2 Å². The second kappa shape index (κ2) is 5.99. The topological polar surface area (TPSA) is 93.3 Å². The molecule has 0 aliphatic carbocycles. The van der Waals surface area contributed by atoms with Crippen molar-refractivity contribution in [1.82, 2.24) is 5.32 Å². The Kier molecular flexibility index (Phi) is 4.64. The normalized spacial score (nSPS) is 13.5. The van der Waals surface area contributed by atoms with E-state index in [9.17, 15) is 15.0 Å². The third-order valence-corrected chi connectivity index (χ3v) is 2.32. The first kappa shape index (κ1) is 13.2. The van der Waals surface area contributed by atoms with Crippen molar-refractivity contribution in [3.63, 3.8) is 0 Å². The number of aliphatic hydroxyl groups is 2. The smallest absolute Gasteiger partial charge is 0.216 e. The number of aliphatic hydroxyl groups excluding tert-OH is 2. The van der Waals surface area contributed by atoms with Gasteiger partial charge in [0.05, 0.1) is 11.6 Å². The Labute approximate surface area is 99.3 Å². The molecule has 0 aromatic heterocycles. The van der Waals surface area contributed by atoms with Crippen molar-refractivity contribution in [2.24, 2.45) is 0 Å². The maximum Gasteiger partial charge on any atom is 0.216 e. The van der Waals surface area contributed by atoms with E-state index in [1.54, 1.807) is 24.3 Å². The molecule has 0 heterocycles. The molecule has 5 heteroatoms. The van der Waals surface area contributed by atoms with Crippen LogP contribution in [0.1, 0.15) is 24.2 Å². The minimum Gasteiger partial charge on any atom is -0.388 e. The van der Waals surface area contributed by atoms with Crippen molar-refractivity contribution >= 4 is 5.91 Å². The van der Waals surface area contributed by atoms with Gasteiger partial charge in [-0.25, -0.2) is 0 Å². The third-order valence-electron chi connectivity index (χ3n) is 2.32. The van der Waals surface area contributed by atoms with Crippen LogP contribution in [0.3, 0.4) is 0 Å². The maximum atomic E-state index is 10.7. The molecular weight excluding hydrogens is 220 g/mol. The molecule has 2 unspecified atom stereocenters. The summed E-state index contributed by atoms with van der Waals surface area (Å²) in [6.45, 7) is 1.26. The lowest BCUT2D eigenvalue weighted by molar-refractivity contribution is -0.119. The third kappa shape index (κ3) is 3.55. The fraction of sp³-hybridized carbons (Fsp3) is 0.333. The molecule has 5 nitrogen and oxygen atoms in total. The molecule has 0 spiro atoms. The Hall–Kier alpha value is -1.90. The van der Waals surface area contributed by atoms with Crippen LogP contribution in [0.5, 0.6) is 0 Å². The molecule has 1 rings (SSSR count). The van der Waals surface area contributed by atoms with Crippen molar-refractivity contribution < 1.29 is 15.0 Å². The summed E-state index contributed by atoms with van der Waals surface area (Å²) in [7, 11) is 0. The zero-order valence-electron chi connectivity index (χ0n) is 9.42. The van der Waals surface area contributed by atoms with Gasteiger partial charge in [0, 0.05) is 19.0 Å². The van der Waals surface area contributed by atoms with Crippen LogP contribution in [-0.2, 0) is 4.79 Å². The van der Waals surface area contributed by atoms with E-state index in [2.05, 4.69) is 5.32 Å². The lowest BCUT2D eigenvalue weighted by atomic mass is 9.99. The molecule has 1 aromatic rings. The Morgan fingerprint density at radius 3 is 2.71 bits per heavy atom. The SMILES string of the molecule is CC(=O)NCC(O)C(O)c1ccccc1C#N. The van der Waals surface area contributed by atoms with Crippen molar-refractivity contribution in [2.45, 2.75) is 19.1 Å². The number of rotatable bonds is 4. The highest BCUT2D eigenvalue weighted by atomic mass is 16.3. The molecular formula is C12H14N2O3. The van der Waals surface area contributed by atoms with E-state index in [4.69, 9.17) is 5.26 Å². The molecule has 1 aromatic carbocycles. The van der Waals surface area contributed by atoms with E-state index in [1.807, 2.05) is 6.07 Å². The van der Waals surface area contributed by atoms with Crippen molar-refractivity contribution in [2.75, 3.05) is 6.54 Å². The summed E-state index contributed by atoms with van der Waals surface area (Å²) in [6, 6.07) is 8.41. The number of benzene rings is 1. The highest BCUT2D eigenvalue weighted by Gasteiger charge is 2.20. The fourth-order valence-electron chi connectivity index (χ4n) is 1.42. The minimum atomic E-state index is -1.20. The molecule has 90 valence electrons. The monoisotopic (exact) mass is 234 g/mol. The van der Waals surface area contributed by atoms with Gasteiger partial charge in [0.15, 0.2) is 0 Å². The van der Waals surface area contributed by atoms with Crippen LogP contribution >= 0.6 is 0 Å². The van der Waals surface area contributed by atoms with Crippen molar-refractivity contribution in [1.29, 1.82) is 5.26 Å². The van der Waals surface area contributed by atoms with Crippen LogP contribution in [0.4, 0.5) is 0 Å². The molecule has 0 saturated carbocycles. The number of hydrogen-bond acceptors (Lipinski definition) is 4. The highest BCUT2D eigenvalue weighted by Crippen LogP contribution is 2.20. The predicted octanol–water partition coefficient (Wildman–Crippen LogP) is 0.0887. The predicted molar refractivity (Wildman–Crippen MR) is 60.8 cm³/mol. The summed E-state index contributed by atoms with van der Waals surface area (Å²) in [4.78, 5) is 10.7. The van der Waals surface area contributed by atoms with Gasteiger partial charge in [-0.3, -0.25) is 4.79 Å². The Morgan fingerprint density at radius 1 is 1.47 bits per heavy atom. The van der Waals surface area contributed by atoms with E-state index >= 15 is 0 Å². The lowest BCUT2D eigenvalue weighted by Gasteiger charge is -2.19. The first-order valence-electron chi connectivity index (χ1n) is 5.16.